The van der Waals surface area contributed by atoms with Crippen LogP contribution in [0.4, 0.5) is 0 Å². The monoisotopic (exact) mass is 335 g/mol. The summed E-state index contributed by atoms with van der Waals surface area (Å²) in [5.41, 5.74) is 2.49. The minimum absolute atomic E-state index is 0.149. The Bertz CT molecular complexity index is 643. The fourth-order valence-electron chi connectivity index (χ4n) is 3.68. The molecule has 0 fully saturated rings. The van der Waals surface area contributed by atoms with Crippen LogP contribution in [0.3, 0.4) is 0 Å². The maximum absolute atomic E-state index is 4.54. The van der Waals surface area contributed by atoms with Gasteiger partial charge in [-0.25, -0.2) is 0 Å². The summed E-state index contributed by atoms with van der Waals surface area (Å²) >= 11 is 0. The first kappa shape index (κ1) is 17.7. The van der Waals surface area contributed by atoms with Gasteiger partial charge in [-0.1, -0.05) is 86.8 Å². The van der Waals surface area contributed by atoms with Crippen molar-refractivity contribution >= 4 is 6.34 Å². The highest BCUT2D eigenvalue weighted by Gasteiger charge is 2.41. The zero-order valence-corrected chi connectivity index (χ0v) is 15.1. The van der Waals surface area contributed by atoms with Gasteiger partial charge in [-0.05, 0) is 17.5 Å². The molecule has 1 aliphatic rings. The molecule has 1 heterocycles. The van der Waals surface area contributed by atoms with Crippen LogP contribution in [0, 0.1) is 0 Å². The van der Waals surface area contributed by atoms with Gasteiger partial charge in [-0.15, -0.1) is 0 Å². The van der Waals surface area contributed by atoms with E-state index in [0.29, 0.717) is 6.04 Å². The first-order chi connectivity index (χ1) is 12.3. The highest BCUT2D eigenvalue weighted by atomic mass is 15.2. The summed E-state index contributed by atoms with van der Waals surface area (Å²) in [6.45, 7) is 3.93. The third-order valence-corrected chi connectivity index (χ3v) is 5.13. The maximum Gasteiger partial charge on any atom is 0.0982 e. The van der Waals surface area contributed by atoms with Gasteiger partial charge in [0.2, 0.25) is 0 Å². The molecule has 0 aromatic heterocycles. The highest BCUT2D eigenvalue weighted by Crippen LogP contribution is 2.31. The number of unbranched alkanes of at least 4 members (excludes halogenated alkanes) is 2. The van der Waals surface area contributed by atoms with Crippen molar-refractivity contribution in [3.05, 3.63) is 71.8 Å². The summed E-state index contributed by atoms with van der Waals surface area (Å²) in [6.07, 6.45) is 6.78. The van der Waals surface area contributed by atoms with Gasteiger partial charge >= 0.3 is 0 Å². The molecule has 0 spiro atoms. The Morgan fingerprint density at radius 2 is 1.76 bits per heavy atom. The van der Waals surface area contributed by atoms with Gasteiger partial charge in [0.25, 0.3) is 0 Å². The molecule has 2 aromatic rings. The minimum Gasteiger partial charge on any atom is -0.364 e. The molecule has 0 unspecified atom stereocenters. The van der Waals surface area contributed by atoms with Crippen molar-refractivity contribution in [1.29, 1.82) is 0 Å². The van der Waals surface area contributed by atoms with Crippen LogP contribution in [-0.2, 0) is 12.1 Å². The fraction of sp³-hybridized carbons (Fsp3) is 0.409. The third kappa shape index (κ3) is 4.29. The summed E-state index contributed by atoms with van der Waals surface area (Å²) in [7, 11) is 0. The number of aliphatic imine (C=N–C) groups is 1. The maximum atomic E-state index is 4.54. The summed E-state index contributed by atoms with van der Waals surface area (Å²) < 4.78 is 0. The summed E-state index contributed by atoms with van der Waals surface area (Å²) in [5.74, 6) is 0. The smallest absolute Gasteiger partial charge is 0.0982 e. The average molecular weight is 335 g/mol. The zero-order chi connectivity index (χ0) is 17.4. The van der Waals surface area contributed by atoms with E-state index < -0.39 is 0 Å². The predicted octanol–water partition coefficient (Wildman–Crippen LogP) is 4.25. The van der Waals surface area contributed by atoms with Crippen molar-refractivity contribution in [2.24, 2.45) is 4.99 Å². The Balaban J connectivity index is 1.80. The normalized spacial score (nSPS) is 20.4. The number of nitrogens with one attached hydrogen (secondary N) is 2. The van der Waals surface area contributed by atoms with Gasteiger partial charge in [0.1, 0.15) is 0 Å². The van der Waals surface area contributed by atoms with E-state index in [1.807, 2.05) is 6.34 Å². The van der Waals surface area contributed by atoms with E-state index >= 15 is 0 Å². The first-order valence-corrected chi connectivity index (χ1v) is 9.44. The molecule has 132 valence electrons. The van der Waals surface area contributed by atoms with Crippen LogP contribution in [-0.4, -0.2) is 18.9 Å². The third-order valence-electron chi connectivity index (χ3n) is 5.13. The molecule has 2 atom stereocenters. The molecule has 3 rings (SSSR count). The van der Waals surface area contributed by atoms with Crippen LogP contribution in [0.1, 0.15) is 43.7 Å². The van der Waals surface area contributed by atoms with Crippen molar-refractivity contribution in [2.45, 2.75) is 50.7 Å². The molecule has 3 heteroatoms. The number of rotatable bonds is 9. The Kier molecular flexibility index (Phi) is 6.24. The first-order valence-electron chi connectivity index (χ1n) is 9.44. The lowest BCUT2D eigenvalue weighted by Gasteiger charge is -2.38. The molecule has 0 saturated heterocycles. The number of hydrogen-bond acceptors (Lipinski definition) is 3. The molecule has 2 aromatic carbocycles. The Morgan fingerprint density at radius 3 is 2.40 bits per heavy atom. The second-order valence-corrected chi connectivity index (χ2v) is 6.87. The van der Waals surface area contributed by atoms with E-state index in [-0.39, 0.29) is 5.54 Å². The zero-order valence-electron chi connectivity index (χ0n) is 15.1. The van der Waals surface area contributed by atoms with Gasteiger partial charge in [-0.2, -0.15) is 0 Å². The molecule has 0 radical (unpaired) electrons. The lowest BCUT2D eigenvalue weighted by molar-refractivity contribution is 0.269. The second-order valence-electron chi connectivity index (χ2n) is 6.87. The van der Waals surface area contributed by atoms with Crippen LogP contribution in [0.5, 0.6) is 0 Å². The summed E-state index contributed by atoms with van der Waals surface area (Å²) in [4.78, 5) is 4.54. The molecular formula is C22H29N3. The van der Waals surface area contributed by atoms with Gasteiger partial charge in [-0.3, -0.25) is 4.99 Å². The van der Waals surface area contributed by atoms with Crippen LogP contribution < -0.4 is 10.6 Å². The van der Waals surface area contributed by atoms with Crippen molar-refractivity contribution < 1.29 is 0 Å². The Labute approximate surface area is 151 Å². The standard InChI is InChI=1S/C22H29N3/c1-2-3-6-15-21(24-16-19-11-7-4-8-12-19)22(17-23-18-25-22)20-13-9-5-10-14-20/h4-5,7-14,18,21,24H,2-3,6,15-17H2,1H3,(H,23,25)/t21-,22-/m1/s1. The average Bonchev–Trinajstić information content (AvgIpc) is 3.17. The number of hydrogen-bond donors (Lipinski definition) is 2. The van der Waals surface area contributed by atoms with Crippen molar-refractivity contribution in [2.75, 3.05) is 6.54 Å². The van der Waals surface area contributed by atoms with Crippen LogP contribution in [0.15, 0.2) is 65.7 Å². The predicted molar refractivity (Wildman–Crippen MR) is 106 cm³/mol. The van der Waals surface area contributed by atoms with Crippen molar-refractivity contribution in [3.8, 4) is 0 Å². The Morgan fingerprint density at radius 1 is 1.04 bits per heavy atom. The molecule has 3 nitrogen and oxygen atoms in total. The lowest BCUT2D eigenvalue weighted by atomic mass is 9.80. The van der Waals surface area contributed by atoms with E-state index in [4.69, 9.17) is 0 Å². The minimum atomic E-state index is -0.149. The Hall–Kier alpha value is -2.13. The van der Waals surface area contributed by atoms with E-state index in [0.717, 1.165) is 19.5 Å². The molecule has 1 aliphatic heterocycles. The van der Waals surface area contributed by atoms with Crippen LogP contribution >= 0.6 is 0 Å². The van der Waals surface area contributed by atoms with Gasteiger partial charge in [0, 0.05) is 12.6 Å². The van der Waals surface area contributed by atoms with Crippen molar-refractivity contribution in [3.63, 3.8) is 0 Å². The largest absolute Gasteiger partial charge is 0.364 e. The topological polar surface area (TPSA) is 36.4 Å². The number of benzene rings is 2. The fourth-order valence-corrected chi connectivity index (χ4v) is 3.68. The molecular weight excluding hydrogens is 306 g/mol. The second kappa shape index (κ2) is 8.82. The molecule has 0 aliphatic carbocycles. The van der Waals surface area contributed by atoms with E-state index in [9.17, 15) is 0 Å². The van der Waals surface area contributed by atoms with Gasteiger partial charge < -0.3 is 10.6 Å². The molecule has 2 N–H and O–H groups in total. The van der Waals surface area contributed by atoms with E-state index in [1.165, 1.54) is 30.4 Å². The lowest BCUT2D eigenvalue weighted by Crippen LogP contribution is -2.56. The molecule has 0 amide bonds. The van der Waals surface area contributed by atoms with Crippen molar-refractivity contribution in [1.82, 2.24) is 10.6 Å². The SMILES string of the molecule is CCCCC[C@@H](NCc1ccccc1)[C@]1(c2ccccc2)CN=CN1. The van der Waals surface area contributed by atoms with Gasteiger partial charge in [0.15, 0.2) is 0 Å². The van der Waals surface area contributed by atoms with E-state index in [1.54, 1.807) is 0 Å². The molecule has 0 bridgehead atoms. The van der Waals surface area contributed by atoms with Gasteiger partial charge in [0.05, 0.1) is 18.4 Å². The summed E-state index contributed by atoms with van der Waals surface area (Å²) in [5, 5.41) is 7.43. The highest BCUT2D eigenvalue weighted by molar-refractivity contribution is 5.61. The van der Waals surface area contributed by atoms with Crippen LogP contribution in [0.2, 0.25) is 0 Å². The number of nitrogens with zero attached hydrogens (tertiary/aromatic N) is 1. The van der Waals surface area contributed by atoms with E-state index in [2.05, 4.69) is 83.2 Å². The molecule has 25 heavy (non-hydrogen) atoms. The summed E-state index contributed by atoms with van der Waals surface area (Å²) in [6, 6.07) is 21.8. The quantitative estimate of drug-likeness (QED) is 0.672. The van der Waals surface area contributed by atoms with Crippen LogP contribution in [0.25, 0.3) is 0 Å². The molecule has 0 saturated carbocycles.